The molecule has 1 unspecified atom stereocenters. The molecular formula is C23H22ClFN6O4. The van der Waals surface area contributed by atoms with Crippen LogP contribution in [0.1, 0.15) is 28.5 Å². The Kier molecular flexibility index (Phi) is 8.01. The van der Waals surface area contributed by atoms with Crippen molar-refractivity contribution < 1.29 is 23.9 Å². The number of carbonyl (C=O) groups excluding carboxylic acids is 3. The Balaban J connectivity index is 1.79. The van der Waals surface area contributed by atoms with Gasteiger partial charge in [0.1, 0.15) is 12.4 Å². The summed E-state index contributed by atoms with van der Waals surface area (Å²) in [4.78, 5) is 38.6. The second-order valence-electron chi connectivity index (χ2n) is 7.76. The molecule has 0 aliphatic rings. The largest absolute Gasteiger partial charge is 0.394 e. The number of benzene rings is 2. The molecule has 3 rings (SSSR count). The van der Waals surface area contributed by atoms with E-state index in [-0.39, 0.29) is 34.9 Å². The lowest BCUT2D eigenvalue weighted by Gasteiger charge is -2.27. The number of hydrogen-bond donors (Lipinski definition) is 3. The Morgan fingerprint density at radius 1 is 1.34 bits per heavy atom. The van der Waals surface area contributed by atoms with E-state index in [1.807, 2.05) is 6.07 Å². The summed E-state index contributed by atoms with van der Waals surface area (Å²) in [6, 6.07) is 10.1. The highest BCUT2D eigenvalue weighted by Crippen LogP contribution is 2.21. The number of aliphatic hydroxyl groups is 1. The molecule has 4 N–H and O–H groups in total. The lowest BCUT2D eigenvalue weighted by molar-refractivity contribution is -0.139. The van der Waals surface area contributed by atoms with Gasteiger partial charge in [-0.25, -0.2) is 4.39 Å². The SMILES string of the molecule is CC(CO)N(CC(=O)NCc1cccc(Cl)c1F)C(=O)Cn1nc(C(N)=O)c2cc(C#N)ccc21. The zero-order valence-corrected chi connectivity index (χ0v) is 19.4. The molecule has 35 heavy (non-hydrogen) atoms. The Bertz CT molecular complexity index is 1340. The molecule has 0 saturated carbocycles. The number of nitrogens with zero attached hydrogens (tertiary/aromatic N) is 4. The monoisotopic (exact) mass is 500 g/mol. The van der Waals surface area contributed by atoms with Gasteiger partial charge in [0.25, 0.3) is 5.91 Å². The minimum absolute atomic E-state index is 0.0777. The Morgan fingerprint density at radius 3 is 2.74 bits per heavy atom. The average Bonchev–Trinajstić information content (AvgIpc) is 3.20. The van der Waals surface area contributed by atoms with Crippen LogP contribution < -0.4 is 11.1 Å². The second kappa shape index (κ2) is 10.9. The summed E-state index contributed by atoms with van der Waals surface area (Å²) in [6.45, 7) is 0.212. The quantitative estimate of drug-likeness (QED) is 0.402. The lowest BCUT2D eigenvalue weighted by atomic mass is 10.1. The van der Waals surface area contributed by atoms with Crippen molar-refractivity contribution in [2.45, 2.75) is 26.1 Å². The molecular weight excluding hydrogens is 479 g/mol. The number of carbonyl (C=O) groups is 3. The predicted octanol–water partition coefficient (Wildman–Crippen LogP) is 1.33. The molecule has 3 amide bonds. The third kappa shape index (κ3) is 5.74. The Hall–Kier alpha value is -4.01. The van der Waals surface area contributed by atoms with Crippen LogP contribution in [-0.2, 0) is 22.7 Å². The first-order chi connectivity index (χ1) is 16.7. The fraction of sp³-hybridized carbons (Fsp3) is 0.261. The van der Waals surface area contributed by atoms with Gasteiger partial charge in [0.05, 0.1) is 41.4 Å². The molecule has 0 aliphatic heterocycles. The first-order valence-electron chi connectivity index (χ1n) is 10.5. The van der Waals surface area contributed by atoms with Crippen LogP contribution in [0.15, 0.2) is 36.4 Å². The van der Waals surface area contributed by atoms with Gasteiger partial charge in [-0.05, 0) is 31.2 Å². The summed E-state index contributed by atoms with van der Waals surface area (Å²) in [7, 11) is 0. The average molecular weight is 501 g/mol. The van der Waals surface area contributed by atoms with E-state index in [0.29, 0.717) is 10.9 Å². The summed E-state index contributed by atoms with van der Waals surface area (Å²) < 4.78 is 15.3. The minimum atomic E-state index is -0.829. The van der Waals surface area contributed by atoms with Crippen LogP contribution in [0, 0.1) is 17.1 Å². The zero-order chi connectivity index (χ0) is 25.7. The molecule has 182 valence electrons. The Labute approximate surface area is 204 Å². The number of nitrogens with one attached hydrogen (secondary N) is 1. The fourth-order valence-corrected chi connectivity index (χ4v) is 3.64. The van der Waals surface area contributed by atoms with Crippen molar-refractivity contribution in [3.05, 3.63) is 64.1 Å². The molecule has 3 aromatic rings. The summed E-state index contributed by atoms with van der Waals surface area (Å²) in [5.41, 5.74) is 6.15. The molecule has 12 heteroatoms. The van der Waals surface area contributed by atoms with Crippen LogP contribution >= 0.6 is 11.6 Å². The lowest BCUT2D eigenvalue weighted by Crippen LogP contribution is -2.47. The number of aliphatic hydroxyl groups excluding tert-OH is 1. The van der Waals surface area contributed by atoms with Crippen molar-refractivity contribution in [1.82, 2.24) is 20.0 Å². The van der Waals surface area contributed by atoms with Gasteiger partial charge in [-0.15, -0.1) is 0 Å². The summed E-state index contributed by atoms with van der Waals surface area (Å²) >= 11 is 5.75. The van der Waals surface area contributed by atoms with Gasteiger partial charge in [-0.2, -0.15) is 10.4 Å². The first kappa shape index (κ1) is 25.6. The van der Waals surface area contributed by atoms with Gasteiger partial charge in [0, 0.05) is 17.5 Å². The molecule has 1 heterocycles. The highest BCUT2D eigenvalue weighted by atomic mass is 35.5. The molecule has 10 nitrogen and oxygen atoms in total. The number of fused-ring (bicyclic) bond motifs is 1. The molecule has 0 bridgehead atoms. The van der Waals surface area contributed by atoms with Crippen molar-refractivity contribution in [2.75, 3.05) is 13.2 Å². The predicted molar refractivity (Wildman–Crippen MR) is 124 cm³/mol. The third-order valence-electron chi connectivity index (χ3n) is 5.34. The normalized spacial score (nSPS) is 11.6. The van der Waals surface area contributed by atoms with Crippen LogP contribution in [0.2, 0.25) is 5.02 Å². The van der Waals surface area contributed by atoms with Crippen molar-refractivity contribution in [1.29, 1.82) is 5.26 Å². The molecule has 0 spiro atoms. The molecule has 0 aliphatic carbocycles. The number of nitrogens with two attached hydrogens (primary N) is 1. The van der Waals surface area contributed by atoms with E-state index in [4.69, 9.17) is 22.6 Å². The van der Waals surface area contributed by atoms with Crippen LogP contribution in [0.3, 0.4) is 0 Å². The van der Waals surface area contributed by atoms with E-state index in [9.17, 15) is 23.9 Å². The van der Waals surface area contributed by atoms with E-state index in [0.717, 1.165) is 4.90 Å². The number of rotatable bonds is 9. The fourth-order valence-electron chi connectivity index (χ4n) is 3.45. The first-order valence-corrected chi connectivity index (χ1v) is 10.8. The van der Waals surface area contributed by atoms with Gasteiger partial charge in [0.15, 0.2) is 5.69 Å². The van der Waals surface area contributed by atoms with E-state index in [2.05, 4.69) is 10.4 Å². The van der Waals surface area contributed by atoms with Crippen LogP contribution in [0.4, 0.5) is 4.39 Å². The molecule has 0 fully saturated rings. The van der Waals surface area contributed by atoms with Crippen LogP contribution in [-0.4, -0.2) is 56.7 Å². The van der Waals surface area contributed by atoms with Crippen molar-refractivity contribution in [2.24, 2.45) is 5.73 Å². The number of hydrogen-bond acceptors (Lipinski definition) is 6. The maximum absolute atomic E-state index is 14.1. The van der Waals surface area contributed by atoms with Crippen molar-refractivity contribution in [3.8, 4) is 6.07 Å². The number of halogens is 2. The Morgan fingerprint density at radius 2 is 2.09 bits per heavy atom. The van der Waals surface area contributed by atoms with Gasteiger partial charge >= 0.3 is 0 Å². The molecule has 1 aromatic heterocycles. The molecule has 0 radical (unpaired) electrons. The van der Waals surface area contributed by atoms with Crippen LogP contribution in [0.25, 0.3) is 10.9 Å². The van der Waals surface area contributed by atoms with Gasteiger partial charge in [-0.1, -0.05) is 23.7 Å². The molecule has 0 saturated heterocycles. The van der Waals surface area contributed by atoms with E-state index in [1.54, 1.807) is 13.0 Å². The highest BCUT2D eigenvalue weighted by molar-refractivity contribution is 6.30. The maximum atomic E-state index is 14.1. The topological polar surface area (TPSA) is 154 Å². The van der Waals surface area contributed by atoms with E-state index >= 15 is 0 Å². The van der Waals surface area contributed by atoms with Crippen LogP contribution in [0.5, 0.6) is 0 Å². The maximum Gasteiger partial charge on any atom is 0.269 e. The zero-order valence-electron chi connectivity index (χ0n) is 18.7. The summed E-state index contributed by atoms with van der Waals surface area (Å²) in [5, 5.41) is 25.6. The molecule has 1 atom stereocenters. The smallest absolute Gasteiger partial charge is 0.269 e. The second-order valence-corrected chi connectivity index (χ2v) is 8.16. The van der Waals surface area contributed by atoms with Gasteiger partial charge in [0.2, 0.25) is 11.8 Å². The number of primary amides is 1. The van der Waals surface area contributed by atoms with E-state index < -0.39 is 42.7 Å². The van der Waals surface area contributed by atoms with Crippen molar-refractivity contribution in [3.63, 3.8) is 0 Å². The number of amides is 3. The third-order valence-corrected chi connectivity index (χ3v) is 5.63. The molecule has 2 aromatic carbocycles. The highest BCUT2D eigenvalue weighted by Gasteiger charge is 2.25. The minimum Gasteiger partial charge on any atom is -0.394 e. The summed E-state index contributed by atoms with van der Waals surface area (Å²) in [6.07, 6.45) is 0. The number of aromatic nitrogens is 2. The summed E-state index contributed by atoms with van der Waals surface area (Å²) in [5.74, 6) is -2.63. The van der Waals surface area contributed by atoms with E-state index in [1.165, 1.54) is 35.0 Å². The van der Waals surface area contributed by atoms with Gasteiger partial charge in [-0.3, -0.25) is 19.1 Å². The van der Waals surface area contributed by atoms with Crippen molar-refractivity contribution >= 4 is 40.2 Å². The standard InChI is InChI=1S/C23H22ClFN6O4/c1-13(12-32)30(10-19(33)28-9-15-3-2-4-17(24)21(15)25)20(34)11-31-18-6-5-14(8-26)7-16(18)22(29-31)23(27)35/h2-7,13,32H,9-12H2,1H3,(H2,27,35)(H,28,33). The van der Waals surface area contributed by atoms with Gasteiger partial charge < -0.3 is 21.1 Å². The number of nitriles is 1.